The maximum absolute atomic E-state index is 2.44. The van der Waals surface area contributed by atoms with Crippen molar-refractivity contribution in [2.45, 2.75) is 13.5 Å². The first-order valence-corrected chi connectivity index (χ1v) is 47.1. The van der Waals surface area contributed by atoms with Crippen LogP contribution in [0.3, 0.4) is 0 Å². The fourth-order valence-corrected chi connectivity index (χ4v) is 19.2. The quantitative estimate of drug-likeness (QED) is 0.0539. The first kappa shape index (κ1) is 84.7. The summed E-state index contributed by atoms with van der Waals surface area (Å²) < 4.78 is 4.75. The van der Waals surface area contributed by atoms with Gasteiger partial charge in [0.25, 0.3) is 0 Å². The number of hydrogen-bond donors (Lipinski definition) is 0. The first-order valence-electron chi connectivity index (χ1n) is 47.1. The van der Waals surface area contributed by atoms with Gasteiger partial charge in [-0.25, -0.2) is 0 Å². The van der Waals surface area contributed by atoms with Crippen LogP contribution in [0.25, 0.3) is 145 Å². The Labute approximate surface area is 803 Å². The van der Waals surface area contributed by atoms with E-state index in [1.807, 2.05) is 0 Å². The van der Waals surface area contributed by atoms with E-state index in [-0.39, 0.29) is 0 Å². The molecule has 0 aliphatic heterocycles. The molecule has 0 unspecified atom stereocenters. The molecule has 22 rings (SSSR count). The Bertz CT molecular complexity index is 7630. The van der Waals surface area contributed by atoms with Crippen LogP contribution in [0.1, 0.15) is 6.92 Å². The van der Waals surface area contributed by atoms with Gasteiger partial charge in [0, 0.05) is 105 Å². The van der Waals surface area contributed by atoms with Crippen LogP contribution in [-0.4, -0.2) is 9.13 Å². The van der Waals surface area contributed by atoms with Crippen molar-refractivity contribution >= 4 is 68.2 Å². The van der Waals surface area contributed by atoms with E-state index in [1.54, 1.807) is 0 Å². The monoisotopic (exact) mass is 1750 g/mol. The molecule has 0 saturated carbocycles. The Kier molecular flexibility index (Phi) is 23.8. The van der Waals surface area contributed by atoms with Crippen molar-refractivity contribution < 1.29 is 0 Å². The van der Waals surface area contributed by atoms with Crippen LogP contribution in [0, 0.1) is 0 Å². The minimum atomic E-state index is 0.805. The Hall–Kier alpha value is -17.8. The van der Waals surface area contributed by atoms with Gasteiger partial charge < -0.3 is 28.7 Å². The maximum Gasteiger partial charge on any atom is 0.0485 e. The molecule has 137 heavy (non-hydrogen) atoms. The molecule has 0 spiro atoms. The van der Waals surface area contributed by atoms with Gasteiger partial charge in [-0.05, 0) is 299 Å². The average Bonchev–Trinajstić information content (AvgIpc) is 1.77. The highest BCUT2D eigenvalue weighted by Gasteiger charge is 2.23. The molecule has 22 aromatic rings. The van der Waals surface area contributed by atoms with E-state index < -0.39 is 0 Å². The number of benzene rings is 20. The molecule has 2 heterocycles. The molecule has 0 fully saturated rings. The van der Waals surface area contributed by atoms with Gasteiger partial charge in [-0.15, -0.1) is 0 Å². The minimum absolute atomic E-state index is 0.805. The molecule has 0 amide bonds. The van der Waals surface area contributed by atoms with Crippen molar-refractivity contribution in [2.24, 2.45) is 7.05 Å². The maximum atomic E-state index is 2.44. The number of hydrogen-bond acceptors (Lipinski definition) is 4. The third-order valence-electron chi connectivity index (χ3n) is 26.5. The van der Waals surface area contributed by atoms with Crippen LogP contribution in [0.4, 0.5) is 68.2 Å². The number of anilines is 12. The molecule has 0 atom stereocenters. The number of rotatable bonds is 26. The predicted octanol–water partition coefficient (Wildman–Crippen LogP) is 36.4. The highest BCUT2D eigenvalue weighted by molar-refractivity contribution is 5.89. The van der Waals surface area contributed by atoms with Crippen LogP contribution in [-0.2, 0) is 13.6 Å². The zero-order valence-corrected chi connectivity index (χ0v) is 76.4. The van der Waals surface area contributed by atoms with Gasteiger partial charge in [0.2, 0.25) is 0 Å². The Morgan fingerprint density at radius 2 is 0.234 bits per heavy atom. The molecule has 0 bridgehead atoms. The van der Waals surface area contributed by atoms with Crippen LogP contribution in [0.15, 0.2) is 546 Å². The fourth-order valence-electron chi connectivity index (χ4n) is 19.2. The van der Waals surface area contributed by atoms with Gasteiger partial charge in [0.05, 0.1) is 0 Å². The van der Waals surface area contributed by atoms with E-state index in [1.165, 1.54) is 78.1 Å². The van der Waals surface area contributed by atoms with Gasteiger partial charge in [-0.2, -0.15) is 0 Å². The molecular weight excluding hydrogens is 1660 g/mol. The van der Waals surface area contributed by atoms with Crippen LogP contribution in [0.2, 0.25) is 0 Å². The van der Waals surface area contributed by atoms with E-state index in [4.69, 9.17) is 0 Å². The highest BCUT2D eigenvalue weighted by atomic mass is 15.2. The zero-order chi connectivity index (χ0) is 91.8. The minimum Gasteiger partial charge on any atom is -0.344 e. The summed E-state index contributed by atoms with van der Waals surface area (Å²) in [6, 6.07) is 198. The second-order valence-corrected chi connectivity index (χ2v) is 34.8. The van der Waals surface area contributed by atoms with E-state index in [2.05, 4.69) is 589 Å². The molecular formula is C131H98N6. The lowest BCUT2D eigenvalue weighted by Gasteiger charge is -2.26. The third-order valence-corrected chi connectivity index (χ3v) is 26.5. The zero-order valence-electron chi connectivity index (χ0n) is 76.4. The predicted molar refractivity (Wildman–Crippen MR) is 578 cm³/mol. The fraction of sp³-hybridized carbons (Fsp3) is 0.0229. The molecule has 6 heteroatoms. The second-order valence-electron chi connectivity index (χ2n) is 34.8. The molecule has 0 aliphatic rings. The smallest absolute Gasteiger partial charge is 0.0485 e. The summed E-state index contributed by atoms with van der Waals surface area (Å²) in [5.41, 5.74) is 43.3. The van der Waals surface area contributed by atoms with Gasteiger partial charge in [-0.1, -0.05) is 376 Å². The molecule has 0 saturated heterocycles. The van der Waals surface area contributed by atoms with Crippen molar-refractivity contribution in [3.8, 4) is 145 Å². The number of aromatic nitrogens is 2. The topological polar surface area (TPSA) is 22.8 Å². The van der Waals surface area contributed by atoms with E-state index in [0.717, 1.165) is 142 Å². The van der Waals surface area contributed by atoms with E-state index in [0.29, 0.717) is 0 Å². The van der Waals surface area contributed by atoms with E-state index >= 15 is 0 Å². The van der Waals surface area contributed by atoms with Crippen LogP contribution in [0.5, 0.6) is 0 Å². The Balaban J connectivity index is 0.491. The molecule has 0 N–H and O–H groups in total. The summed E-state index contributed by atoms with van der Waals surface area (Å²) in [4.78, 5) is 9.42. The van der Waals surface area contributed by atoms with Gasteiger partial charge in [-0.3, -0.25) is 0 Å². The molecule has 0 aliphatic carbocycles. The van der Waals surface area contributed by atoms with Gasteiger partial charge in [0.1, 0.15) is 0 Å². The van der Waals surface area contributed by atoms with Crippen molar-refractivity contribution in [3.63, 3.8) is 0 Å². The molecule has 2 aromatic heterocycles. The van der Waals surface area contributed by atoms with Crippen molar-refractivity contribution in [3.05, 3.63) is 546 Å². The summed E-state index contributed by atoms with van der Waals surface area (Å²) in [5, 5.41) is 0. The summed E-state index contributed by atoms with van der Waals surface area (Å²) >= 11 is 0. The Morgan fingerprint density at radius 3 is 0.372 bits per heavy atom. The lowest BCUT2D eigenvalue weighted by Crippen LogP contribution is -2.10. The van der Waals surface area contributed by atoms with Gasteiger partial charge >= 0.3 is 0 Å². The van der Waals surface area contributed by atoms with Gasteiger partial charge in [0.15, 0.2) is 0 Å². The first-order chi connectivity index (χ1) is 67.8. The average molecular weight is 1760 g/mol. The second kappa shape index (κ2) is 38.5. The van der Waals surface area contributed by atoms with Crippen LogP contribution >= 0.6 is 0 Å². The summed E-state index contributed by atoms with van der Waals surface area (Å²) in [7, 11) is 2.17. The molecule has 0 radical (unpaired) electrons. The normalized spacial score (nSPS) is 11.2. The molecule has 652 valence electrons. The van der Waals surface area contributed by atoms with E-state index in [9.17, 15) is 0 Å². The largest absolute Gasteiger partial charge is 0.344 e. The lowest BCUT2D eigenvalue weighted by molar-refractivity contribution is 0.785. The molecule has 20 aromatic carbocycles. The molecule has 6 nitrogen and oxygen atoms in total. The Morgan fingerprint density at radius 1 is 0.124 bits per heavy atom. The lowest BCUT2D eigenvalue weighted by atomic mass is 9.97. The highest BCUT2D eigenvalue weighted by Crippen LogP contribution is 2.46. The standard InChI is InChI=1S/C131H98N6/c1-3-133-130(114-62-86-126(87-63-114)136(119-72-48-107(49-73-119)97-28-16-7-17-29-97)120-74-50-108(51-75-120)98-30-18-8-19-31-98)92-93-131(133)115-64-88-127(89-65-115)137(121-76-52-109(53-77-121)99-32-20-9-21-33-99)123-80-56-111(57-81-123)103-40-36-101(37-41-103)100-34-38-102(39-35-100)110-54-78-122(79-55-110)135(118-70-46-106(47-71-118)96-26-14-6-15-27-96)125-84-60-113(61-85-125)129-91-90-128(132(129)2)112-58-82-124(83-59-112)134(116-66-42-104(43-67-116)94-22-10-4-11-23-94)117-68-44-105(45-69-117)95-24-12-5-13-25-95/h4-93H,3H2,1-2H3. The third kappa shape index (κ3) is 17.9. The summed E-state index contributed by atoms with van der Waals surface area (Å²) in [5.74, 6) is 0. The summed E-state index contributed by atoms with van der Waals surface area (Å²) in [6.45, 7) is 3.05. The van der Waals surface area contributed by atoms with Crippen molar-refractivity contribution in [1.29, 1.82) is 0 Å². The summed E-state index contributed by atoms with van der Waals surface area (Å²) in [6.07, 6.45) is 0. The number of nitrogens with zero attached hydrogens (tertiary/aromatic N) is 6. The van der Waals surface area contributed by atoms with Crippen LogP contribution < -0.4 is 19.6 Å². The van der Waals surface area contributed by atoms with Crippen molar-refractivity contribution in [2.75, 3.05) is 19.6 Å². The van der Waals surface area contributed by atoms with Crippen molar-refractivity contribution in [1.82, 2.24) is 9.13 Å². The SMILES string of the molecule is CCn1c(-c2ccc(N(c3ccc(-c4ccccc4)cc3)c3ccc(-c4ccccc4)cc3)cc2)ccc1-c1ccc(N(c2ccc(-c3ccccc3)cc2)c2ccc(-c3ccc(-c4ccc(-c5ccc(N(c6ccc(-c7ccccc7)cc6)c6ccc(-c7ccc(-c8ccc(N(c9ccc(-c%10ccccc%10)cc9)c9ccc(-c%10ccccc%10)cc9)cc8)n7C)cc6)cc5)cc4)cc3)cc2)cc1.